The predicted octanol–water partition coefficient (Wildman–Crippen LogP) is 2.84. The molecule has 0 saturated heterocycles. The largest absolute Gasteiger partial charge is 0.474 e. The van der Waals surface area contributed by atoms with E-state index in [-0.39, 0.29) is 11.9 Å². The smallest absolute Gasteiger partial charge is 0.233 e. The van der Waals surface area contributed by atoms with Crippen molar-refractivity contribution < 1.29 is 9.13 Å². The van der Waals surface area contributed by atoms with Gasteiger partial charge in [0.05, 0.1) is 6.04 Å². The van der Waals surface area contributed by atoms with Gasteiger partial charge in [0.15, 0.2) is 0 Å². The molecule has 3 rings (SSSR count). The standard InChI is InChI=1S/C15H15FN2O/c1-11-10-19-15(17-11)14-3-2-8-18(14)9-12-4-6-13(16)7-5-12/h2-8,11H,9-10H2,1H3/t11-/m0/s1. The first-order chi connectivity index (χ1) is 9.22. The Morgan fingerprint density at radius 2 is 2.11 bits per heavy atom. The van der Waals surface area contributed by atoms with Crippen molar-refractivity contribution in [3.05, 3.63) is 59.7 Å². The molecular formula is C15H15FN2O. The summed E-state index contributed by atoms with van der Waals surface area (Å²) in [6, 6.07) is 10.7. The molecule has 19 heavy (non-hydrogen) atoms. The molecule has 98 valence electrons. The summed E-state index contributed by atoms with van der Waals surface area (Å²) in [5, 5.41) is 0. The van der Waals surface area contributed by atoms with Gasteiger partial charge in [0.1, 0.15) is 18.1 Å². The minimum atomic E-state index is -0.214. The molecule has 0 spiro atoms. The summed E-state index contributed by atoms with van der Waals surface area (Å²) < 4.78 is 20.5. The lowest BCUT2D eigenvalue weighted by atomic mass is 10.2. The lowest BCUT2D eigenvalue weighted by molar-refractivity contribution is 0.322. The number of benzene rings is 1. The van der Waals surface area contributed by atoms with Crippen LogP contribution in [0.15, 0.2) is 47.6 Å². The van der Waals surface area contributed by atoms with Gasteiger partial charge in [-0.1, -0.05) is 12.1 Å². The van der Waals surface area contributed by atoms with Crippen molar-refractivity contribution in [3.63, 3.8) is 0 Å². The number of hydrogen-bond donors (Lipinski definition) is 0. The second-order valence-corrected chi connectivity index (χ2v) is 4.74. The topological polar surface area (TPSA) is 26.5 Å². The van der Waals surface area contributed by atoms with Crippen LogP contribution >= 0.6 is 0 Å². The number of rotatable bonds is 3. The summed E-state index contributed by atoms with van der Waals surface area (Å²) in [4.78, 5) is 4.46. The summed E-state index contributed by atoms with van der Waals surface area (Å²) in [5.41, 5.74) is 2.01. The molecule has 1 aliphatic heterocycles. The predicted molar refractivity (Wildman–Crippen MR) is 71.9 cm³/mol. The Labute approximate surface area is 111 Å². The molecule has 1 aromatic carbocycles. The fourth-order valence-electron chi connectivity index (χ4n) is 2.15. The number of aromatic nitrogens is 1. The monoisotopic (exact) mass is 258 g/mol. The summed E-state index contributed by atoms with van der Waals surface area (Å²) in [6.07, 6.45) is 1.98. The van der Waals surface area contributed by atoms with E-state index in [9.17, 15) is 4.39 Å². The Morgan fingerprint density at radius 1 is 1.32 bits per heavy atom. The molecular weight excluding hydrogens is 243 g/mol. The van der Waals surface area contributed by atoms with E-state index in [1.165, 1.54) is 12.1 Å². The van der Waals surface area contributed by atoms with Crippen LogP contribution in [0.5, 0.6) is 0 Å². The zero-order valence-electron chi connectivity index (χ0n) is 10.7. The van der Waals surface area contributed by atoms with Gasteiger partial charge in [-0.05, 0) is 36.8 Å². The van der Waals surface area contributed by atoms with Gasteiger partial charge in [-0.2, -0.15) is 0 Å². The van der Waals surface area contributed by atoms with Crippen molar-refractivity contribution in [2.75, 3.05) is 6.61 Å². The minimum Gasteiger partial charge on any atom is -0.474 e. The fraction of sp³-hybridized carbons (Fsp3) is 0.267. The Balaban J connectivity index is 1.84. The molecule has 0 amide bonds. The van der Waals surface area contributed by atoms with Crippen LogP contribution in [0.25, 0.3) is 0 Å². The van der Waals surface area contributed by atoms with Crippen LogP contribution < -0.4 is 0 Å². The van der Waals surface area contributed by atoms with Crippen molar-refractivity contribution >= 4 is 5.90 Å². The van der Waals surface area contributed by atoms with Gasteiger partial charge in [0.25, 0.3) is 0 Å². The molecule has 1 atom stereocenters. The summed E-state index contributed by atoms with van der Waals surface area (Å²) in [6.45, 7) is 3.34. The van der Waals surface area contributed by atoms with Crippen molar-refractivity contribution in [1.29, 1.82) is 0 Å². The minimum absolute atomic E-state index is 0.212. The Hall–Kier alpha value is -2.10. The quantitative estimate of drug-likeness (QED) is 0.831. The number of ether oxygens (including phenoxy) is 1. The summed E-state index contributed by atoms with van der Waals surface area (Å²) in [7, 11) is 0. The van der Waals surface area contributed by atoms with E-state index in [2.05, 4.69) is 9.56 Å². The molecule has 0 N–H and O–H groups in total. The van der Waals surface area contributed by atoms with E-state index in [4.69, 9.17) is 4.74 Å². The van der Waals surface area contributed by atoms with Gasteiger partial charge in [-0.3, -0.25) is 0 Å². The molecule has 3 nitrogen and oxygen atoms in total. The van der Waals surface area contributed by atoms with E-state index in [0.29, 0.717) is 19.0 Å². The summed E-state index contributed by atoms with van der Waals surface area (Å²) in [5.74, 6) is 0.480. The van der Waals surface area contributed by atoms with Crippen molar-refractivity contribution in [1.82, 2.24) is 4.57 Å². The molecule has 0 fully saturated rings. The van der Waals surface area contributed by atoms with Gasteiger partial charge in [-0.25, -0.2) is 9.38 Å². The average molecular weight is 258 g/mol. The van der Waals surface area contributed by atoms with Crippen molar-refractivity contribution in [2.24, 2.45) is 4.99 Å². The van der Waals surface area contributed by atoms with Gasteiger partial charge in [0, 0.05) is 12.7 Å². The number of halogens is 1. The van der Waals surface area contributed by atoms with E-state index >= 15 is 0 Å². The number of hydrogen-bond acceptors (Lipinski definition) is 2. The van der Waals surface area contributed by atoms with Crippen LogP contribution in [0.1, 0.15) is 18.2 Å². The van der Waals surface area contributed by atoms with Crippen LogP contribution in [0.4, 0.5) is 4.39 Å². The lowest BCUT2D eigenvalue weighted by Crippen LogP contribution is -2.10. The van der Waals surface area contributed by atoms with Gasteiger partial charge in [-0.15, -0.1) is 0 Å². The highest BCUT2D eigenvalue weighted by molar-refractivity contribution is 5.93. The average Bonchev–Trinajstić information content (AvgIpc) is 3.01. The van der Waals surface area contributed by atoms with Crippen LogP contribution in [0.3, 0.4) is 0 Å². The molecule has 1 aromatic heterocycles. The molecule has 0 unspecified atom stereocenters. The van der Waals surface area contributed by atoms with Crippen LogP contribution in [0.2, 0.25) is 0 Å². The molecule has 2 heterocycles. The number of aliphatic imine (C=N–C) groups is 1. The zero-order valence-corrected chi connectivity index (χ0v) is 10.7. The first kappa shape index (κ1) is 12.0. The molecule has 0 bridgehead atoms. The molecule has 0 saturated carbocycles. The molecule has 2 aromatic rings. The molecule has 1 aliphatic rings. The maximum atomic E-state index is 12.9. The highest BCUT2D eigenvalue weighted by atomic mass is 19.1. The molecule has 4 heteroatoms. The lowest BCUT2D eigenvalue weighted by Gasteiger charge is -2.09. The van der Waals surface area contributed by atoms with Gasteiger partial charge < -0.3 is 9.30 Å². The fourth-order valence-corrected chi connectivity index (χ4v) is 2.15. The van der Waals surface area contributed by atoms with Crippen LogP contribution in [-0.2, 0) is 11.3 Å². The third-order valence-corrected chi connectivity index (χ3v) is 3.11. The Kier molecular flexibility index (Phi) is 3.07. The first-order valence-electron chi connectivity index (χ1n) is 6.33. The van der Waals surface area contributed by atoms with Crippen LogP contribution in [-0.4, -0.2) is 23.1 Å². The van der Waals surface area contributed by atoms with E-state index in [1.807, 2.05) is 25.3 Å². The Morgan fingerprint density at radius 3 is 2.79 bits per heavy atom. The van der Waals surface area contributed by atoms with E-state index in [0.717, 1.165) is 11.3 Å². The highest BCUT2D eigenvalue weighted by Gasteiger charge is 2.18. The Bertz CT molecular complexity index is 601. The van der Waals surface area contributed by atoms with Crippen LogP contribution in [0, 0.1) is 5.82 Å². The molecule has 0 radical (unpaired) electrons. The van der Waals surface area contributed by atoms with E-state index in [1.54, 1.807) is 12.1 Å². The van der Waals surface area contributed by atoms with Gasteiger partial charge >= 0.3 is 0 Å². The summed E-state index contributed by atoms with van der Waals surface area (Å²) >= 11 is 0. The maximum absolute atomic E-state index is 12.9. The van der Waals surface area contributed by atoms with Crippen molar-refractivity contribution in [2.45, 2.75) is 19.5 Å². The third-order valence-electron chi connectivity index (χ3n) is 3.11. The first-order valence-corrected chi connectivity index (χ1v) is 6.33. The highest BCUT2D eigenvalue weighted by Crippen LogP contribution is 2.14. The van der Waals surface area contributed by atoms with E-state index < -0.39 is 0 Å². The second-order valence-electron chi connectivity index (χ2n) is 4.74. The normalized spacial score (nSPS) is 18.2. The second kappa shape index (κ2) is 4.88. The SMILES string of the molecule is C[C@H]1COC(c2cccn2Cc2ccc(F)cc2)=N1. The van der Waals surface area contributed by atoms with Gasteiger partial charge in [0.2, 0.25) is 5.90 Å². The molecule has 0 aliphatic carbocycles. The zero-order chi connectivity index (χ0) is 13.2. The van der Waals surface area contributed by atoms with Crippen molar-refractivity contribution in [3.8, 4) is 0 Å². The maximum Gasteiger partial charge on any atom is 0.233 e. The third kappa shape index (κ3) is 2.52. The number of nitrogens with zero attached hydrogens (tertiary/aromatic N) is 2.